The minimum atomic E-state index is -0.209. The molecule has 0 saturated carbocycles. The Morgan fingerprint density at radius 1 is 1.12 bits per heavy atom. The van der Waals surface area contributed by atoms with E-state index in [1.165, 1.54) is 0 Å². The molecule has 0 aromatic heterocycles. The summed E-state index contributed by atoms with van der Waals surface area (Å²) in [6, 6.07) is 13.9. The second-order valence-electron chi connectivity index (χ2n) is 3.55. The highest BCUT2D eigenvalue weighted by Crippen LogP contribution is 2.23. The standard InChI is InChI=1S/C13H11ClN2O/c14-10-6-7-11(15)12(8-10)16-13(17)9-4-2-1-3-5-9/h1-8H,15H2,(H,16,17). The molecule has 2 rings (SSSR count). The van der Waals surface area contributed by atoms with E-state index in [0.29, 0.717) is 22.0 Å². The first-order valence-corrected chi connectivity index (χ1v) is 5.46. The van der Waals surface area contributed by atoms with Gasteiger partial charge in [-0.1, -0.05) is 29.8 Å². The average Bonchev–Trinajstić information content (AvgIpc) is 2.35. The number of benzene rings is 2. The Hall–Kier alpha value is -2.00. The van der Waals surface area contributed by atoms with Crippen LogP contribution in [0.15, 0.2) is 48.5 Å². The Bertz CT molecular complexity index is 540. The van der Waals surface area contributed by atoms with Gasteiger partial charge < -0.3 is 11.1 Å². The summed E-state index contributed by atoms with van der Waals surface area (Å²) in [7, 11) is 0. The van der Waals surface area contributed by atoms with Crippen molar-refractivity contribution in [2.45, 2.75) is 0 Å². The first-order valence-electron chi connectivity index (χ1n) is 5.08. The summed E-state index contributed by atoms with van der Waals surface area (Å²) in [6.45, 7) is 0. The van der Waals surface area contributed by atoms with Gasteiger partial charge in [0.2, 0.25) is 0 Å². The van der Waals surface area contributed by atoms with Gasteiger partial charge in [0.05, 0.1) is 11.4 Å². The molecule has 4 heteroatoms. The monoisotopic (exact) mass is 246 g/mol. The van der Waals surface area contributed by atoms with Crippen LogP contribution in [0.1, 0.15) is 10.4 Å². The van der Waals surface area contributed by atoms with Gasteiger partial charge >= 0.3 is 0 Å². The van der Waals surface area contributed by atoms with Gasteiger partial charge in [0.1, 0.15) is 0 Å². The molecule has 0 radical (unpaired) electrons. The lowest BCUT2D eigenvalue weighted by molar-refractivity contribution is 0.102. The number of halogens is 1. The number of rotatable bonds is 2. The van der Waals surface area contributed by atoms with Gasteiger partial charge in [-0.3, -0.25) is 4.79 Å². The van der Waals surface area contributed by atoms with E-state index in [1.807, 2.05) is 6.07 Å². The van der Waals surface area contributed by atoms with Gasteiger partial charge in [0.15, 0.2) is 0 Å². The van der Waals surface area contributed by atoms with Crippen LogP contribution >= 0.6 is 11.6 Å². The number of anilines is 2. The first kappa shape index (κ1) is 11.5. The quantitative estimate of drug-likeness (QED) is 0.800. The summed E-state index contributed by atoms with van der Waals surface area (Å²) in [5.74, 6) is -0.209. The SMILES string of the molecule is Nc1ccc(Cl)cc1NC(=O)c1ccccc1. The van der Waals surface area contributed by atoms with E-state index in [0.717, 1.165) is 0 Å². The zero-order valence-corrected chi connectivity index (χ0v) is 9.74. The molecular formula is C13H11ClN2O. The van der Waals surface area contributed by atoms with E-state index in [4.69, 9.17) is 17.3 Å². The van der Waals surface area contributed by atoms with Crippen LogP contribution in [0.2, 0.25) is 5.02 Å². The van der Waals surface area contributed by atoms with Gasteiger partial charge in [-0.2, -0.15) is 0 Å². The van der Waals surface area contributed by atoms with Gasteiger partial charge in [0, 0.05) is 10.6 Å². The van der Waals surface area contributed by atoms with Crippen LogP contribution in [-0.2, 0) is 0 Å². The van der Waals surface area contributed by atoms with Crippen molar-refractivity contribution in [2.75, 3.05) is 11.1 Å². The molecule has 0 heterocycles. The summed E-state index contributed by atoms with van der Waals surface area (Å²) in [5, 5.41) is 3.25. The zero-order chi connectivity index (χ0) is 12.3. The zero-order valence-electron chi connectivity index (χ0n) is 8.98. The molecule has 0 aliphatic rings. The largest absolute Gasteiger partial charge is 0.397 e. The molecule has 17 heavy (non-hydrogen) atoms. The summed E-state index contributed by atoms with van der Waals surface area (Å²) < 4.78 is 0. The van der Waals surface area contributed by atoms with Crippen molar-refractivity contribution in [3.05, 3.63) is 59.1 Å². The Labute approximate surface area is 104 Å². The van der Waals surface area contributed by atoms with E-state index in [2.05, 4.69) is 5.32 Å². The third kappa shape index (κ3) is 2.77. The van der Waals surface area contributed by atoms with Crippen molar-refractivity contribution in [3.8, 4) is 0 Å². The van der Waals surface area contributed by atoms with Crippen molar-refractivity contribution in [2.24, 2.45) is 0 Å². The smallest absolute Gasteiger partial charge is 0.255 e. The first-order chi connectivity index (χ1) is 8.16. The van der Waals surface area contributed by atoms with Gasteiger partial charge in [-0.25, -0.2) is 0 Å². The van der Waals surface area contributed by atoms with E-state index >= 15 is 0 Å². The third-order valence-corrected chi connectivity index (χ3v) is 2.53. The second kappa shape index (κ2) is 4.89. The predicted molar refractivity (Wildman–Crippen MR) is 70.3 cm³/mol. The number of nitrogens with one attached hydrogen (secondary N) is 1. The van der Waals surface area contributed by atoms with Crippen molar-refractivity contribution in [1.29, 1.82) is 0 Å². The van der Waals surface area contributed by atoms with E-state index < -0.39 is 0 Å². The molecule has 1 amide bonds. The van der Waals surface area contributed by atoms with Crippen LogP contribution in [0.3, 0.4) is 0 Å². The van der Waals surface area contributed by atoms with Gasteiger partial charge in [-0.05, 0) is 30.3 Å². The molecule has 2 aromatic carbocycles. The highest BCUT2D eigenvalue weighted by molar-refractivity contribution is 6.31. The second-order valence-corrected chi connectivity index (χ2v) is 3.99. The predicted octanol–water partition coefficient (Wildman–Crippen LogP) is 3.17. The molecule has 0 bridgehead atoms. The van der Waals surface area contributed by atoms with Crippen molar-refractivity contribution < 1.29 is 4.79 Å². The Balaban J connectivity index is 2.22. The Morgan fingerprint density at radius 3 is 2.53 bits per heavy atom. The average molecular weight is 247 g/mol. The molecule has 0 saturated heterocycles. The fraction of sp³-hybridized carbons (Fsp3) is 0. The number of hydrogen-bond acceptors (Lipinski definition) is 2. The lowest BCUT2D eigenvalue weighted by Gasteiger charge is -2.08. The summed E-state index contributed by atoms with van der Waals surface area (Å²) in [4.78, 5) is 11.9. The third-order valence-electron chi connectivity index (χ3n) is 2.30. The van der Waals surface area contributed by atoms with E-state index in [1.54, 1.807) is 42.5 Å². The van der Waals surface area contributed by atoms with Crippen molar-refractivity contribution in [1.82, 2.24) is 0 Å². The number of carbonyl (C=O) groups excluding carboxylic acids is 1. The highest BCUT2D eigenvalue weighted by atomic mass is 35.5. The lowest BCUT2D eigenvalue weighted by Crippen LogP contribution is -2.12. The van der Waals surface area contributed by atoms with Gasteiger partial charge in [0.25, 0.3) is 5.91 Å². The van der Waals surface area contributed by atoms with Crippen LogP contribution in [-0.4, -0.2) is 5.91 Å². The van der Waals surface area contributed by atoms with Crippen LogP contribution in [0.4, 0.5) is 11.4 Å². The lowest BCUT2D eigenvalue weighted by atomic mass is 10.2. The Morgan fingerprint density at radius 2 is 1.82 bits per heavy atom. The molecule has 3 nitrogen and oxygen atoms in total. The molecule has 2 aromatic rings. The number of nitrogen functional groups attached to an aromatic ring is 1. The summed E-state index contributed by atoms with van der Waals surface area (Å²) in [6.07, 6.45) is 0. The van der Waals surface area contributed by atoms with Crippen LogP contribution in [0.5, 0.6) is 0 Å². The Kier molecular flexibility index (Phi) is 3.30. The minimum Gasteiger partial charge on any atom is -0.397 e. The van der Waals surface area contributed by atoms with E-state index in [-0.39, 0.29) is 5.91 Å². The highest BCUT2D eigenvalue weighted by Gasteiger charge is 2.07. The summed E-state index contributed by atoms with van der Waals surface area (Å²) >= 11 is 5.84. The van der Waals surface area contributed by atoms with E-state index in [9.17, 15) is 4.79 Å². The van der Waals surface area contributed by atoms with Crippen LogP contribution in [0, 0.1) is 0 Å². The molecule has 0 spiro atoms. The molecule has 0 atom stereocenters. The fourth-order valence-electron chi connectivity index (χ4n) is 1.42. The fourth-order valence-corrected chi connectivity index (χ4v) is 1.59. The molecule has 3 N–H and O–H groups in total. The molecule has 0 aliphatic heterocycles. The van der Waals surface area contributed by atoms with Gasteiger partial charge in [-0.15, -0.1) is 0 Å². The number of amides is 1. The maximum atomic E-state index is 11.9. The number of carbonyl (C=O) groups is 1. The molecule has 0 aliphatic carbocycles. The van der Waals surface area contributed by atoms with Crippen LogP contribution < -0.4 is 11.1 Å². The topological polar surface area (TPSA) is 55.1 Å². The molecule has 86 valence electrons. The number of nitrogens with two attached hydrogens (primary N) is 1. The van der Waals surface area contributed by atoms with Crippen LogP contribution in [0.25, 0.3) is 0 Å². The molecule has 0 fully saturated rings. The maximum absolute atomic E-state index is 11.9. The normalized spacial score (nSPS) is 9.94. The maximum Gasteiger partial charge on any atom is 0.255 e. The minimum absolute atomic E-state index is 0.209. The van der Waals surface area contributed by atoms with Crippen molar-refractivity contribution in [3.63, 3.8) is 0 Å². The molecular weight excluding hydrogens is 236 g/mol. The summed E-state index contributed by atoms with van der Waals surface area (Å²) in [5.41, 5.74) is 7.32. The molecule has 0 unspecified atom stereocenters. The van der Waals surface area contributed by atoms with Crippen molar-refractivity contribution >= 4 is 28.9 Å². The number of hydrogen-bond donors (Lipinski definition) is 2.